The smallest absolute Gasteiger partial charge is 0.331 e. The molecule has 0 spiro atoms. The van der Waals surface area contributed by atoms with Gasteiger partial charge in [0.15, 0.2) is 0 Å². The largest absolute Gasteiger partial charge is 0.463 e. The summed E-state index contributed by atoms with van der Waals surface area (Å²) in [5, 5.41) is 0. The van der Waals surface area contributed by atoms with E-state index in [1.165, 1.54) is 43.3 Å². The molecule has 1 rings (SSSR count). The third-order valence-electron chi connectivity index (χ3n) is 4.37. The van der Waals surface area contributed by atoms with Crippen LogP contribution < -0.4 is 0 Å². The number of carbonyl (C=O) groups excluding carboxylic acids is 2. The zero-order chi connectivity index (χ0) is 17.6. The van der Waals surface area contributed by atoms with Crippen LogP contribution in [0.4, 0.5) is 0 Å². The van der Waals surface area contributed by atoms with E-state index in [1.807, 2.05) is 0 Å². The van der Waals surface area contributed by atoms with Crippen molar-refractivity contribution in [1.82, 2.24) is 0 Å². The third kappa shape index (κ3) is 9.53. The van der Waals surface area contributed by atoms with Crippen LogP contribution in [0.5, 0.6) is 0 Å². The first-order valence-corrected chi connectivity index (χ1v) is 9.32. The maximum absolute atomic E-state index is 11.6. The van der Waals surface area contributed by atoms with Gasteiger partial charge in [-0.25, -0.2) is 9.59 Å². The Kier molecular flexibility index (Phi) is 10.9. The van der Waals surface area contributed by atoms with E-state index in [-0.39, 0.29) is 0 Å². The number of unbranched alkanes of at least 4 members (excludes halogenated alkanes) is 5. The third-order valence-corrected chi connectivity index (χ3v) is 4.37. The van der Waals surface area contributed by atoms with E-state index in [9.17, 15) is 9.59 Å². The second-order valence-corrected chi connectivity index (χ2v) is 6.47. The predicted molar refractivity (Wildman–Crippen MR) is 95.6 cm³/mol. The van der Waals surface area contributed by atoms with Crippen LogP contribution in [0.25, 0.3) is 0 Å². The molecular formula is C20H32O4. The lowest BCUT2D eigenvalue weighted by molar-refractivity contribution is -0.140. The van der Waals surface area contributed by atoms with Gasteiger partial charge >= 0.3 is 11.9 Å². The van der Waals surface area contributed by atoms with E-state index in [4.69, 9.17) is 9.47 Å². The number of carbonyl (C=O) groups is 2. The van der Waals surface area contributed by atoms with Crippen molar-refractivity contribution in [3.05, 3.63) is 23.3 Å². The van der Waals surface area contributed by atoms with Gasteiger partial charge in [0, 0.05) is 12.2 Å². The summed E-state index contributed by atoms with van der Waals surface area (Å²) in [6.45, 7) is 5.03. The summed E-state index contributed by atoms with van der Waals surface area (Å²) in [4.78, 5) is 23.1. The zero-order valence-corrected chi connectivity index (χ0v) is 15.3. The molecule has 0 saturated heterocycles. The molecule has 0 aromatic heterocycles. The molecule has 0 N–H and O–H groups in total. The lowest BCUT2D eigenvalue weighted by atomic mass is 9.93. The molecule has 0 fully saturated rings. The summed E-state index contributed by atoms with van der Waals surface area (Å²) in [5.41, 5.74) is 2.55. The fourth-order valence-electron chi connectivity index (χ4n) is 2.76. The highest BCUT2D eigenvalue weighted by molar-refractivity contribution is 5.91. The standard InChI is InChI=1S/C20H32O4/c1-3-4-5-6-7-10-15-23-19(21)13-14-20(22)24-16-18-12-9-8-11-17(18)2/h13-14H,3-12,15-16H2,1-2H3/b14-13+. The van der Waals surface area contributed by atoms with Crippen LogP contribution in [0.2, 0.25) is 0 Å². The first-order valence-electron chi connectivity index (χ1n) is 9.32. The van der Waals surface area contributed by atoms with Crippen molar-refractivity contribution >= 4 is 11.9 Å². The van der Waals surface area contributed by atoms with Crippen LogP contribution in [-0.4, -0.2) is 25.2 Å². The Morgan fingerprint density at radius 3 is 2.25 bits per heavy atom. The minimum absolute atomic E-state index is 0.335. The Hall–Kier alpha value is -1.58. The number of rotatable bonds is 11. The van der Waals surface area contributed by atoms with Crippen molar-refractivity contribution in [3.8, 4) is 0 Å². The van der Waals surface area contributed by atoms with E-state index in [0.29, 0.717) is 13.2 Å². The second-order valence-electron chi connectivity index (χ2n) is 6.47. The molecule has 0 unspecified atom stereocenters. The lowest BCUT2D eigenvalue weighted by Crippen LogP contribution is -2.10. The van der Waals surface area contributed by atoms with Gasteiger partial charge in [-0.1, -0.05) is 44.6 Å². The molecule has 1 aliphatic rings. The van der Waals surface area contributed by atoms with Gasteiger partial charge in [-0.15, -0.1) is 0 Å². The highest BCUT2D eigenvalue weighted by Crippen LogP contribution is 2.24. The van der Waals surface area contributed by atoms with Gasteiger partial charge in [-0.2, -0.15) is 0 Å². The van der Waals surface area contributed by atoms with Crippen LogP contribution in [0, 0.1) is 0 Å². The van der Waals surface area contributed by atoms with Crippen molar-refractivity contribution in [2.75, 3.05) is 13.2 Å². The summed E-state index contributed by atoms with van der Waals surface area (Å²) in [6, 6.07) is 0. The molecule has 0 aromatic rings. The number of hydrogen-bond acceptors (Lipinski definition) is 4. The fraction of sp³-hybridized carbons (Fsp3) is 0.700. The van der Waals surface area contributed by atoms with Gasteiger partial charge in [-0.05, 0) is 44.6 Å². The molecule has 0 radical (unpaired) electrons. The van der Waals surface area contributed by atoms with Crippen molar-refractivity contribution in [3.63, 3.8) is 0 Å². The fourth-order valence-corrected chi connectivity index (χ4v) is 2.76. The first kappa shape index (κ1) is 20.5. The van der Waals surface area contributed by atoms with Crippen molar-refractivity contribution in [2.45, 2.75) is 78.1 Å². The van der Waals surface area contributed by atoms with Crippen LogP contribution >= 0.6 is 0 Å². The molecule has 136 valence electrons. The number of hydrogen-bond donors (Lipinski definition) is 0. The number of ether oxygens (including phenoxy) is 2. The van der Waals surface area contributed by atoms with Gasteiger partial charge in [0.25, 0.3) is 0 Å². The van der Waals surface area contributed by atoms with Crippen LogP contribution in [0.15, 0.2) is 23.3 Å². The molecule has 0 atom stereocenters. The van der Waals surface area contributed by atoms with Gasteiger partial charge in [0.05, 0.1) is 6.61 Å². The highest BCUT2D eigenvalue weighted by Gasteiger charge is 2.10. The minimum atomic E-state index is -0.489. The minimum Gasteiger partial charge on any atom is -0.463 e. The molecule has 24 heavy (non-hydrogen) atoms. The summed E-state index contributed by atoms with van der Waals surface area (Å²) < 4.78 is 10.3. The molecule has 0 aromatic carbocycles. The average molecular weight is 336 g/mol. The monoisotopic (exact) mass is 336 g/mol. The summed E-state index contributed by atoms with van der Waals surface area (Å²) in [5.74, 6) is -0.967. The average Bonchev–Trinajstić information content (AvgIpc) is 2.58. The van der Waals surface area contributed by atoms with E-state index in [0.717, 1.165) is 44.3 Å². The predicted octanol–water partition coefficient (Wildman–Crippen LogP) is 4.88. The molecule has 4 nitrogen and oxygen atoms in total. The van der Waals surface area contributed by atoms with E-state index in [2.05, 4.69) is 13.8 Å². The first-order chi connectivity index (χ1) is 11.6. The maximum Gasteiger partial charge on any atom is 0.331 e. The molecule has 0 saturated carbocycles. The molecule has 0 aliphatic heterocycles. The Morgan fingerprint density at radius 1 is 0.917 bits per heavy atom. The Bertz CT molecular complexity index is 449. The molecule has 0 bridgehead atoms. The molecule has 0 heterocycles. The normalized spacial score (nSPS) is 14.9. The lowest BCUT2D eigenvalue weighted by Gasteiger charge is -2.17. The van der Waals surface area contributed by atoms with Crippen molar-refractivity contribution in [1.29, 1.82) is 0 Å². The number of esters is 2. The Balaban J connectivity index is 2.11. The quantitative estimate of drug-likeness (QED) is 0.233. The molecule has 0 amide bonds. The second kappa shape index (κ2) is 12.8. The maximum atomic E-state index is 11.6. The van der Waals surface area contributed by atoms with Gasteiger partial charge in [0.1, 0.15) is 6.61 Å². The zero-order valence-electron chi connectivity index (χ0n) is 15.3. The molecule has 4 heteroatoms. The summed E-state index contributed by atoms with van der Waals surface area (Å²) >= 11 is 0. The Labute approximate surface area is 146 Å². The van der Waals surface area contributed by atoms with Gasteiger partial charge in [-0.3, -0.25) is 0 Å². The Morgan fingerprint density at radius 2 is 1.54 bits per heavy atom. The van der Waals surface area contributed by atoms with Crippen LogP contribution in [0.1, 0.15) is 78.1 Å². The van der Waals surface area contributed by atoms with Gasteiger partial charge in [0.2, 0.25) is 0 Å². The van der Waals surface area contributed by atoms with E-state index in [1.54, 1.807) is 0 Å². The van der Waals surface area contributed by atoms with Crippen LogP contribution in [0.3, 0.4) is 0 Å². The summed E-state index contributed by atoms with van der Waals surface area (Å²) in [7, 11) is 0. The molecule has 1 aliphatic carbocycles. The van der Waals surface area contributed by atoms with Gasteiger partial charge < -0.3 is 9.47 Å². The summed E-state index contributed by atoms with van der Waals surface area (Å²) in [6.07, 6.45) is 13.6. The van der Waals surface area contributed by atoms with Crippen molar-refractivity contribution < 1.29 is 19.1 Å². The van der Waals surface area contributed by atoms with E-state index < -0.39 is 11.9 Å². The number of allylic oxidation sites excluding steroid dienone is 1. The molecular weight excluding hydrogens is 304 g/mol. The van der Waals surface area contributed by atoms with Crippen molar-refractivity contribution in [2.24, 2.45) is 0 Å². The SMILES string of the molecule is CCCCCCCCOC(=O)/C=C/C(=O)OCC1=C(C)CCCC1. The van der Waals surface area contributed by atoms with E-state index >= 15 is 0 Å². The topological polar surface area (TPSA) is 52.6 Å². The van der Waals surface area contributed by atoms with Crippen LogP contribution in [-0.2, 0) is 19.1 Å². The highest BCUT2D eigenvalue weighted by atomic mass is 16.5.